The fraction of sp³-hybridized carbons (Fsp3) is 0.385. The van der Waals surface area contributed by atoms with Crippen LogP contribution in [0, 0.1) is 0 Å². The SMILES string of the molecule is CCc1cncc(OC[C@@H](N)CSc2nccs2)c1. The van der Waals surface area contributed by atoms with Crippen LogP contribution in [0.4, 0.5) is 0 Å². The first-order chi connectivity index (χ1) is 9.28. The van der Waals surface area contributed by atoms with Crippen molar-refractivity contribution in [2.45, 2.75) is 23.7 Å². The number of pyridine rings is 1. The Labute approximate surface area is 121 Å². The van der Waals surface area contributed by atoms with E-state index in [2.05, 4.69) is 16.9 Å². The Bertz CT molecular complexity index is 490. The third kappa shape index (κ3) is 4.81. The minimum Gasteiger partial charge on any atom is -0.490 e. The summed E-state index contributed by atoms with van der Waals surface area (Å²) >= 11 is 3.29. The molecule has 1 atom stereocenters. The van der Waals surface area contributed by atoms with Crippen LogP contribution in [0.25, 0.3) is 0 Å². The van der Waals surface area contributed by atoms with Crippen LogP contribution in [0.15, 0.2) is 34.4 Å². The largest absolute Gasteiger partial charge is 0.490 e. The predicted octanol–water partition coefficient (Wildman–Crippen LogP) is 2.60. The van der Waals surface area contributed by atoms with Gasteiger partial charge in [0.05, 0.1) is 6.20 Å². The molecule has 0 saturated carbocycles. The van der Waals surface area contributed by atoms with E-state index in [1.807, 2.05) is 17.6 Å². The molecule has 0 bridgehead atoms. The maximum Gasteiger partial charge on any atom is 0.149 e. The summed E-state index contributed by atoms with van der Waals surface area (Å²) in [6.07, 6.45) is 6.33. The van der Waals surface area contributed by atoms with Crippen molar-refractivity contribution in [1.82, 2.24) is 9.97 Å². The van der Waals surface area contributed by atoms with Gasteiger partial charge in [0.1, 0.15) is 16.7 Å². The molecule has 0 aliphatic rings. The molecular formula is C13H17N3OS2. The summed E-state index contributed by atoms with van der Waals surface area (Å²) in [6.45, 7) is 2.59. The summed E-state index contributed by atoms with van der Waals surface area (Å²) < 4.78 is 6.71. The van der Waals surface area contributed by atoms with Gasteiger partial charge in [0.25, 0.3) is 0 Å². The normalized spacial score (nSPS) is 12.3. The van der Waals surface area contributed by atoms with Crippen molar-refractivity contribution >= 4 is 23.1 Å². The second kappa shape index (κ2) is 7.47. The van der Waals surface area contributed by atoms with E-state index in [0.717, 1.165) is 22.3 Å². The quantitative estimate of drug-likeness (QED) is 0.796. The van der Waals surface area contributed by atoms with Crippen molar-refractivity contribution in [2.24, 2.45) is 5.73 Å². The lowest BCUT2D eigenvalue weighted by Gasteiger charge is -2.12. The average Bonchev–Trinajstić information content (AvgIpc) is 2.96. The van der Waals surface area contributed by atoms with Crippen LogP contribution >= 0.6 is 23.1 Å². The number of nitrogens with two attached hydrogens (primary N) is 1. The molecule has 102 valence electrons. The Balaban J connectivity index is 1.74. The summed E-state index contributed by atoms with van der Waals surface area (Å²) in [4.78, 5) is 8.34. The average molecular weight is 295 g/mol. The predicted molar refractivity (Wildman–Crippen MR) is 79.9 cm³/mol. The van der Waals surface area contributed by atoms with Crippen molar-refractivity contribution < 1.29 is 4.74 Å². The number of hydrogen-bond donors (Lipinski definition) is 1. The molecule has 19 heavy (non-hydrogen) atoms. The molecule has 0 spiro atoms. The number of aryl methyl sites for hydroxylation is 1. The molecule has 0 unspecified atom stereocenters. The molecule has 2 rings (SSSR count). The van der Waals surface area contributed by atoms with Crippen LogP contribution in [0.3, 0.4) is 0 Å². The van der Waals surface area contributed by atoms with Gasteiger partial charge in [0.2, 0.25) is 0 Å². The zero-order valence-electron chi connectivity index (χ0n) is 10.8. The van der Waals surface area contributed by atoms with Crippen molar-refractivity contribution in [2.75, 3.05) is 12.4 Å². The standard InChI is InChI=1S/C13H17N3OS2/c1-2-10-5-12(7-15-6-10)17-8-11(14)9-19-13-16-3-4-18-13/h3-7,11H,2,8-9,14H2,1H3/t11-/m1/s1. The Kier molecular flexibility index (Phi) is 5.62. The number of ether oxygens (including phenoxy) is 1. The van der Waals surface area contributed by atoms with Crippen molar-refractivity contribution in [3.05, 3.63) is 35.6 Å². The molecule has 2 aromatic rings. The summed E-state index contributed by atoms with van der Waals surface area (Å²) in [6, 6.07) is 1.99. The highest BCUT2D eigenvalue weighted by Gasteiger charge is 2.06. The molecule has 0 saturated heterocycles. The third-order valence-corrected chi connectivity index (χ3v) is 4.63. The Morgan fingerprint density at radius 1 is 1.47 bits per heavy atom. The van der Waals surface area contributed by atoms with Crippen molar-refractivity contribution in [3.63, 3.8) is 0 Å². The summed E-state index contributed by atoms with van der Waals surface area (Å²) in [7, 11) is 0. The highest BCUT2D eigenvalue weighted by Crippen LogP contribution is 2.20. The zero-order chi connectivity index (χ0) is 13.5. The zero-order valence-corrected chi connectivity index (χ0v) is 12.4. The summed E-state index contributed by atoms with van der Waals surface area (Å²) in [5.41, 5.74) is 7.19. The van der Waals surface area contributed by atoms with Crippen LogP contribution in [-0.4, -0.2) is 28.4 Å². The van der Waals surface area contributed by atoms with Crippen molar-refractivity contribution in [3.8, 4) is 5.75 Å². The third-order valence-electron chi connectivity index (χ3n) is 2.47. The lowest BCUT2D eigenvalue weighted by atomic mass is 10.2. The van der Waals surface area contributed by atoms with E-state index in [0.29, 0.717) is 6.61 Å². The van der Waals surface area contributed by atoms with Gasteiger partial charge in [0, 0.05) is 29.6 Å². The fourth-order valence-electron chi connectivity index (χ4n) is 1.45. The molecule has 2 heterocycles. The Hall–Kier alpha value is -1.11. The first-order valence-electron chi connectivity index (χ1n) is 6.12. The molecule has 0 amide bonds. The van der Waals surface area contributed by atoms with Crippen molar-refractivity contribution in [1.29, 1.82) is 0 Å². The van der Waals surface area contributed by atoms with Gasteiger partial charge in [0.15, 0.2) is 0 Å². The van der Waals surface area contributed by atoms with Crippen LogP contribution < -0.4 is 10.5 Å². The van der Waals surface area contributed by atoms with Crippen LogP contribution in [0.1, 0.15) is 12.5 Å². The topological polar surface area (TPSA) is 61.0 Å². The Morgan fingerprint density at radius 3 is 3.11 bits per heavy atom. The molecule has 0 aromatic carbocycles. The molecule has 6 heteroatoms. The molecular weight excluding hydrogens is 278 g/mol. The van der Waals surface area contributed by atoms with Crippen LogP contribution in [0.5, 0.6) is 5.75 Å². The van der Waals surface area contributed by atoms with Crippen LogP contribution in [0.2, 0.25) is 0 Å². The van der Waals surface area contributed by atoms with Gasteiger partial charge < -0.3 is 10.5 Å². The molecule has 2 N–H and O–H groups in total. The Morgan fingerprint density at radius 2 is 2.37 bits per heavy atom. The summed E-state index contributed by atoms with van der Waals surface area (Å²) in [5.74, 6) is 1.59. The molecule has 0 aliphatic carbocycles. The second-order valence-electron chi connectivity index (χ2n) is 4.06. The van der Waals surface area contributed by atoms with Gasteiger partial charge >= 0.3 is 0 Å². The van der Waals surface area contributed by atoms with E-state index in [1.54, 1.807) is 35.5 Å². The van der Waals surface area contributed by atoms with Gasteiger partial charge in [-0.15, -0.1) is 11.3 Å². The van der Waals surface area contributed by atoms with Gasteiger partial charge in [-0.05, 0) is 18.1 Å². The van der Waals surface area contributed by atoms with E-state index < -0.39 is 0 Å². The number of thioether (sulfide) groups is 1. The van der Waals surface area contributed by atoms with Gasteiger partial charge in [-0.25, -0.2) is 4.98 Å². The number of rotatable bonds is 7. The lowest BCUT2D eigenvalue weighted by Crippen LogP contribution is -2.30. The second-order valence-corrected chi connectivity index (χ2v) is 6.22. The van der Waals surface area contributed by atoms with Gasteiger partial charge in [-0.2, -0.15) is 0 Å². The molecule has 2 aromatic heterocycles. The van der Waals surface area contributed by atoms with E-state index in [-0.39, 0.29) is 6.04 Å². The number of thiazole rings is 1. The summed E-state index contributed by atoms with van der Waals surface area (Å²) in [5, 5.41) is 1.96. The highest BCUT2D eigenvalue weighted by atomic mass is 32.2. The number of hydrogen-bond acceptors (Lipinski definition) is 6. The lowest BCUT2D eigenvalue weighted by molar-refractivity contribution is 0.296. The highest BCUT2D eigenvalue weighted by molar-refractivity contribution is 8.01. The molecule has 0 aliphatic heterocycles. The van der Waals surface area contributed by atoms with E-state index in [4.69, 9.17) is 10.5 Å². The van der Waals surface area contributed by atoms with Gasteiger partial charge in [-0.3, -0.25) is 4.98 Å². The number of aromatic nitrogens is 2. The smallest absolute Gasteiger partial charge is 0.149 e. The van der Waals surface area contributed by atoms with E-state index in [9.17, 15) is 0 Å². The maximum absolute atomic E-state index is 6.02. The minimum absolute atomic E-state index is 0.0146. The number of nitrogens with zero attached hydrogens (tertiary/aromatic N) is 2. The molecule has 0 fully saturated rings. The first kappa shape index (κ1) is 14.3. The van der Waals surface area contributed by atoms with E-state index in [1.165, 1.54) is 5.56 Å². The monoisotopic (exact) mass is 295 g/mol. The molecule has 0 radical (unpaired) electrons. The molecule has 4 nitrogen and oxygen atoms in total. The minimum atomic E-state index is -0.0146. The van der Waals surface area contributed by atoms with Gasteiger partial charge in [-0.1, -0.05) is 18.7 Å². The first-order valence-corrected chi connectivity index (χ1v) is 7.99. The maximum atomic E-state index is 6.02. The fourth-order valence-corrected chi connectivity index (χ4v) is 3.04. The van der Waals surface area contributed by atoms with E-state index >= 15 is 0 Å². The van der Waals surface area contributed by atoms with Crippen LogP contribution in [-0.2, 0) is 6.42 Å².